The van der Waals surface area contributed by atoms with E-state index in [0.29, 0.717) is 16.3 Å². The SMILES string of the molecule is Cc1cc(Cl)ccc1NC(=O)C(=O)NN1C(=O)CSC1=S. The molecule has 0 aromatic heterocycles. The van der Waals surface area contributed by atoms with Gasteiger partial charge in [-0.2, -0.15) is 0 Å². The highest BCUT2D eigenvalue weighted by Crippen LogP contribution is 2.20. The van der Waals surface area contributed by atoms with Crippen molar-refractivity contribution in [3.8, 4) is 0 Å². The third-order valence-corrected chi connectivity index (χ3v) is 4.20. The van der Waals surface area contributed by atoms with Crippen LogP contribution in [0.25, 0.3) is 0 Å². The van der Waals surface area contributed by atoms with Gasteiger partial charge in [0, 0.05) is 10.7 Å². The number of aryl methyl sites for hydroxylation is 1. The molecule has 3 amide bonds. The monoisotopic (exact) mass is 343 g/mol. The fourth-order valence-electron chi connectivity index (χ4n) is 1.56. The molecule has 0 unspecified atom stereocenters. The minimum absolute atomic E-state index is 0.150. The number of carbonyl (C=O) groups excluding carboxylic acids is 3. The second-order valence-corrected chi connectivity index (χ2v) is 6.18. The van der Waals surface area contributed by atoms with Gasteiger partial charge in [-0.15, -0.1) is 0 Å². The summed E-state index contributed by atoms with van der Waals surface area (Å²) < 4.78 is 0.212. The summed E-state index contributed by atoms with van der Waals surface area (Å²) in [7, 11) is 0. The van der Waals surface area contributed by atoms with Crippen LogP contribution in [0.15, 0.2) is 18.2 Å². The van der Waals surface area contributed by atoms with Crippen LogP contribution in [0.1, 0.15) is 5.56 Å². The van der Waals surface area contributed by atoms with Crippen molar-refractivity contribution in [2.75, 3.05) is 11.1 Å². The molecule has 0 saturated carbocycles. The lowest BCUT2D eigenvalue weighted by atomic mass is 10.2. The predicted molar refractivity (Wildman–Crippen MR) is 84.9 cm³/mol. The first-order valence-electron chi connectivity index (χ1n) is 5.76. The van der Waals surface area contributed by atoms with Crippen LogP contribution in [0.4, 0.5) is 5.69 Å². The Morgan fingerprint density at radius 2 is 2.10 bits per heavy atom. The summed E-state index contributed by atoms with van der Waals surface area (Å²) >= 11 is 11.8. The maximum Gasteiger partial charge on any atom is 0.328 e. The van der Waals surface area contributed by atoms with Gasteiger partial charge in [0.1, 0.15) is 0 Å². The van der Waals surface area contributed by atoms with Crippen molar-refractivity contribution in [2.24, 2.45) is 0 Å². The Morgan fingerprint density at radius 1 is 1.38 bits per heavy atom. The van der Waals surface area contributed by atoms with Gasteiger partial charge in [0.15, 0.2) is 4.32 Å². The first kappa shape index (κ1) is 15.7. The van der Waals surface area contributed by atoms with Crippen LogP contribution >= 0.6 is 35.6 Å². The zero-order valence-corrected chi connectivity index (χ0v) is 13.2. The van der Waals surface area contributed by atoms with Gasteiger partial charge in [0.2, 0.25) is 0 Å². The number of thioether (sulfide) groups is 1. The van der Waals surface area contributed by atoms with Crippen molar-refractivity contribution in [1.82, 2.24) is 10.4 Å². The Kier molecular flexibility index (Phi) is 4.81. The van der Waals surface area contributed by atoms with E-state index in [9.17, 15) is 14.4 Å². The molecule has 9 heteroatoms. The molecule has 1 aliphatic rings. The van der Waals surface area contributed by atoms with E-state index in [0.717, 1.165) is 16.8 Å². The van der Waals surface area contributed by atoms with Crippen LogP contribution < -0.4 is 10.7 Å². The molecule has 0 spiro atoms. The van der Waals surface area contributed by atoms with Gasteiger partial charge in [-0.25, -0.2) is 5.01 Å². The van der Waals surface area contributed by atoms with Gasteiger partial charge in [-0.1, -0.05) is 35.6 Å². The van der Waals surface area contributed by atoms with E-state index in [1.807, 2.05) is 0 Å². The first-order chi connectivity index (χ1) is 9.88. The zero-order valence-electron chi connectivity index (χ0n) is 10.8. The number of carbonyl (C=O) groups is 3. The molecule has 1 saturated heterocycles. The number of thiocarbonyl (C=S) groups is 1. The first-order valence-corrected chi connectivity index (χ1v) is 7.53. The summed E-state index contributed by atoms with van der Waals surface area (Å²) in [5, 5.41) is 3.87. The minimum Gasteiger partial charge on any atom is -0.317 e. The number of hydrazine groups is 1. The number of rotatable bonds is 2. The number of nitrogens with zero attached hydrogens (tertiary/aromatic N) is 1. The molecule has 2 N–H and O–H groups in total. The molecular weight excluding hydrogens is 334 g/mol. The number of halogens is 1. The van der Waals surface area contributed by atoms with E-state index >= 15 is 0 Å². The van der Waals surface area contributed by atoms with Crippen molar-refractivity contribution in [3.63, 3.8) is 0 Å². The third kappa shape index (κ3) is 3.72. The maximum atomic E-state index is 11.8. The van der Waals surface area contributed by atoms with E-state index in [1.165, 1.54) is 0 Å². The van der Waals surface area contributed by atoms with Crippen LogP contribution in [0.5, 0.6) is 0 Å². The molecule has 21 heavy (non-hydrogen) atoms. The van der Waals surface area contributed by atoms with E-state index in [-0.39, 0.29) is 16.0 Å². The number of benzene rings is 1. The lowest BCUT2D eigenvalue weighted by Gasteiger charge is -2.15. The van der Waals surface area contributed by atoms with Crippen LogP contribution in [0.3, 0.4) is 0 Å². The molecule has 1 aromatic carbocycles. The van der Waals surface area contributed by atoms with E-state index < -0.39 is 11.8 Å². The molecular formula is C12H10ClN3O3S2. The Labute approximate surface area is 135 Å². The summed E-state index contributed by atoms with van der Waals surface area (Å²) in [5.74, 6) is -2.08. The zero-order chi connectivity index (χ0) is 15.6. The summed E-state index contributed by atoms with van der Waals surface area (Å²) in [4.78, 5) is 35.0. The summed E-state index contributed by atoms with van der Waals surface area (Å²) in [5.41, 5.74) is 3.35. The predicted octanol–water partition coefficient (Wildman–Crippen LogP) is 1.48. The number of hydrogen-bond acceptors (Lipinski definition) is 5. The van der Waals surface area contributed by atoms with Gasteiger partial charge in [-0.05, 0) is 30.7 Å². The largest absolute Gasteiger partial charge is 0.328 e. The number of amides is 3. The van der Waals surface area contributed by atoms with Gasteiger partial charge in [0.25, 0.3) is 5.91 Å². The number of nitrogens with one attached hydrogen (secondary N) is 2. The van der Waals surface area contributed by atoms with Crippen LogP contribution in [-0.2, 0) is 14.4 Å². The Hall–Kier alpha value is -1.64. The van der Waals surface area contributed by atoms with Crippen LogP contribution in [0, 0.1) is 6.92 Å². The van der Waals surface area contributed by atoms with Crippen LogP contribution in [0.2, 0.25) is 5.02 Å². The van der Waals surface area contributed by atoms with Crippen LogP contribution in [-0.4, -0.2) is 32.8 Å². The highest BCUT2D eigenvalue weighted by molar-refractivity contribution is 8.23. The summed E-state index contributed by atoms with van der Waals surface area (Å²) in [6.45, 7) is 1.75. The number of hydrogen-bond donors (Lipinski definition) is 2. The molecule has 1 aromatic rings. The maximum absolute atomic E-state index is 11.8. The highest BCUT2D eigenvalue weighted by atomic mass is 35.5. The lowest BCUT2D eigenvalue weighted by Crippen LogP contribution is -2.49. The normalized spacial score (nSPS) is 14.3. The van der Waals surface area contributed by atoms with Gasteiger partial charge in [-0.3, -0.25) is 19.8 Å². The Bertz CT molecular complexity index is 635. The van der Waals surface area contributed by atoms with E-state index in [1.54, 1.807) is 25.1 Å². The van der Waals surface area contributed by atoms with Crippen molar-refractivity contribution in [3.05, 3.63) is 28.8 Å². The van der Waals surface area contributed by atoms with Gasteiger partial charge < -0.3 is 5.32 Å². The number of anilines is 1. The molecule has 1 heterocycles. The second-order valence-electron chi connectivity index (χ2n) is 4.14. The minimum atomic E-state index is -0.970. The van der Waals surface area contributed by atoms with Gasteiger partial charge in [0.05, 0.1) is 5.75 Å². The molecule has 6 nitrogen and oxygen atoms in total. The molecule has 1 aliphatic heterocycles. The second kappa shape index (κ2) is 6.42. The van der Waals surface area contributed by atoms with Crippen molar-refractivity contribution < 1.29 is 14.4 Å². The lowest BCUT2D eigenvalue weighted by molar-refractivity contribution is -0.141. The summed E-state index contributed by atoms with van der Waals surface area (Å²) in [6.07, 6.45) is 0. The van der Waals surface area contributed by atoms with Crippen molar-refractivity contribution in [1.29, 1.82) is 0 Å². The highest BCUT2D eigenvalue weighted by Gasteiger charge is 2.30. The third-order valence-electron chi connectivity index (χ3n) is 2.61. The molecule has 0 atom stereocenters. The Morgan fingerprint density at radius 3 is 2.67 bits per heavy atom. The molecule has 110 valence electrons. The standard InChI is InChI=1S/C12H10ClN3O3S2/c1-6-4-7(13)2-3-8(6)14-10(18)11(19)15-16-9(17)5-21-12(16)20/h2-4H,5H2,1H3,(H,14,18)(H,15,19). The molecule has 1 fully saturated rings. The van der Waals surface area contributed by atoms with E-state index in [2.05, 4.69) is 10.7 Å². The average Bonchev–Trinajstić information content (AvgIpc) is 2.73. The Balaban J connectivity index is 2.01. The molecule has 0 aliphatic carbocycles. The topological polar surface area (TPSA) is 78.5 Å². The molecule has 0 bridgehead atoms. The summed E-state index contributed by atoms with van der Waals surface area (Å²) in [6, 6.07) is 4.84. The average molecular weight is 344 g/mol. The molecule has 2 rings (SSSR count). The smallest absolute Gasteiger partial charge is 0.317 e. The molecule has 0 radical (unpaired) electrons. The van der Waals surface area contributed by atoms with Crippen molar-refractivity contribution >= 4 is 63.3 Å². The van der Waals surface area contributed by atoms with Crippen molar-refractivity contribution in [2.45, 2.75) is 6.92 Å². The van der Waals surface area contributed by atoms with E-state index in [4.69, 9.17) is 23.8 Å². The quantitative estimate of drug-likeness (QED) is 0.628. The fraction of sp³-hybridized carbons (Fsp3) is 0.167. The van der Waals surface area contributed by atoms with Gasteiger partial charge >= 0.3 is 11.8 Å². The fourth-order valence-corrected chi connectivity index (χ4v) is 2.76.